The van der Waals surface area contributed by atoms with Crippen LogP contribution in [0.2, 0.25) is 0 Å². The maximum atomic E-state index is 13.9. The van der Waals surface area contributed by atoms with Crippen LogP contribution >= 0.6 is 0 Å². The first-order valence-corrected chi connectivity index (χ1v) is 12.3. The first-order chi connectivity index (χ1) is 15.5. The summed E-state index contributed by atoms with van der Waals surface area (Å²) < 4.78 is 32.9. The van der Waals surface area contributed by atoms with Gasteiger partial charge >= 0.3 is 5.97 Å². The summed E-state index contributed by atoms with van der Waals surface area (Å²) in [5.41, 5.74) is 0. The lowest BCUT2D eigenvalue weighted by Crippen LogP contribution is -2.30. The Morgan fingerprint density at radius 2 is 1.66 bits per heavy atom. The molecule has 0 radical (unpaired) electrons. The number of carbonyl (C=O) groups excluding carboxylic acids is 1. The molecule has 2 aromatic rings. The van der Waals surface area contributed by atoms with Crippen LogP contribution in [-0.2, 0) is 4.79 Å². The van der Waals surface area contributed by atoms with Crippen molar-refractivity contribution in [2.45, 2.75) is 71.1 Å². The van der Waals surface area contributed by atoms with Crippen molar-refractivity contribution in [2.75, 3.05) is 0 Å². The van der Waals surface area contributed by atoms with E-state index in [4.69, 9.17) is 4.74 Å². The number of fused-ring (bicyclic) bond motifs is 1. The fourth-order valence-corrected chi connectivity index (χ4v) is 5.78. The minimum atomic E-state index is -0.874. The van der Waals surface area contributed by atoms with Gasteiger partial charge in [0.15, 0.2) is 11.6 Å². The van der Waals surface area contributed by atoms with Gasteiger partial charge in [-0.2, -0.15) is 0 Å². The fourth-order valence-electron chi connectivity index (χ4n) is 5.78. The maximum absolute atomic E-state index is 13.9. The lowest BCUT2D eigenvalue weighted by atomic mass is 9.68. The molecule has 2 aliphatic carbocycles. The van der Waals surface area contributed by atoms with Crippen LogP contribution in [0.3, 0.4) is 0 Å². The normalized spacial score (nSPS) is 26.5. The predicted octanol–water partition coefficient (Wildman–Crippen LogP) is 7.99. The van der Waals surface area contributed by atoms with Gasteiger partial charge in [0, 0.05) is 5.39 Å². The van der Waals surface area contributed by atoms with Crippen molar-refractivity contribution in [1.82, 2.24) is 0 Å². The molecule has 172 valence electrons. The Kier molecular flexibility index (Phi) is 7.59. The van der Waals surface area contributed by atoms with Crippen LogP contribution in [0.4, 0.5) is 8.78 Å². The van der Waals surface area contributed by atoms with Gasteiger partial charge in [0.05, 0.1) is 5.92 Å². The van der Waals surface area contributed by atoms with E-state index < -0.39 is 11.6 Å². The number of rotatable bonds is 6. The molecule has 32 heavy (non-hydrogen) atoms. The summed E-state index contributed by atoms with van der Waals surface area (Å²) in [7, 11) is 0. The first kappa shape index (κ1) is 22.9. The second-order valence-corrected chi connectivity index (χ2v) is 9.70. The van der Waals surface area contributed by atoms with Crippen molar-refractivity contribution in [1.29, 1.82) is 0 Å². The Balaban J connectivity index is 1.25. The molecule has 0 spiro atoms. The molecule has 2 fully saturated rings. The van der Waals surface area contributed by atoms with Gasteiger partial charge in [0.1, 0.15) is 5.75 Å². The predicted molar refractivity (Wildman–Crippen MR) is 124 cm³/mol. The Morgan fingerprint density at radius 1 is 0.969 bits per heavy atom. The minimum absolute atomic E-state index is 0.0657. The molecule has 0 heterocycles. The molecule has 0 atom stereocenters. The Labute approximate surface area is 190 Å². The lowest BCUT2D eigenvalue weighted by Gasteiger charge is -2.37. The SMILES string of the molecule is C/C=C/CCC1CCC(C2CCC(C(=O)Oc3ccc4c(F)c(F)ccc4c3)CC2)CC1. The molecular formula is C28H34F2O2. The van der Waals surface area contributed by atoms with Crippen LogP contribution in [-0.4, -0.2) is 5.97 Å². The molecule has 0 unspecified atom stereocenters. The second-order valence-electron chi connectivity index (χ2n) is 9.70. The van der Waals surface area contributed by atoms with Gasteiger partial charge < -0.3 is 4.74 Å². The van der Waals surface area contributed by atoms with Crippen LogP contribution in [0.1, 0.15) is 71.1 Å². The third-order valence-electron chi connectivity index (χ3n) is 7.74. The van der Waals surface area contributed by atoms with Crippen LogP contribution in [0.5, 0.6) is 5.75 Å². The number of benzene rings is 2. The van der Waals surface area contributed by atoms with Crippen LogP contribution in [0.15, 0.2) is 42.5 Å². The number of allylic oxidation sites excluding steroid dienone is 2. The highest BCUT2D eigenvalue weighted by molar-refractivity contribution is 5.85. The monoisotopic (exact) mass is 440 g/mol. The van der Waals surface area contributed by atoms with Crippen molar-refractivity contribution in [3.63, 3.8) is 0 Å². The topological polar surface area (TPSA) is 26.3 Å². The van der Waals surface area contributed by atoms with Crippen molar-refractivity contribution in [3.8, 4) is 5.75 Å². The zero-order valence-electron chi connectivity index (χ0n) is 19.0. The molecule has 0 aromatic heterocycles. The highest BCUT2D eigenvalue weighted by Gasteiger charge is 2.33. The van der Waals surface area contributed by atoms with Gasteiger partial charge in [0.2, 0.25) is 0 Å². The summed E-state index contributed by atoms with van der Waals surface area (Å²) in [4.78, 5) is 12.7. The molecule has 0 bridgehead atoms. The summed E-state index contributed by atoms with van der Waals surface area (Å²) >= 11 is 0. The van der Waals surface area contributed by atoms with Crippen LogP contribution in [0, 0.1) is 35.3 Å². The third-order valence-corrected chi connectivity index (χ3v) is 7.74. The van der Waals surface area contributed by atoms with Gasteiger partial charge in [-0.05, 0) is 106 Å². The summed E-state index contributed by atoms with van der Waals surface area (Å²) in [6.45, 7) is 2.09. The Morgan fingerprint density at radius 3 is 2.34 bits per heavy atom. The summed E-state index contributed by atoms with van der Waals surface area (Å²) in [5, 5.41) is 0.723. The minimum Gasteiger partial charge on any atom is -0.426 e. The smallest absolute Gasteiger partial charge is 0.314 e. The number of hydrogen-bond donors (Lipinski definition) is 0. The summed E-state index contributed by atoms with van der Waals surface area (Å²) in [5.74, 6) is 0.844. The standard InChI is InChI=1S/C28H34F2O2/c1-2-3-4-5-19-6-8-20(9-7-19)21-10-12-22(13-11-21)28(31)32-24-15-16-25-23(18-24)14-17-26(29)27(25)30/h2-3,14-22H,4-13H2,1H3/b3-2+. The van der Waals surface area contributed by atoms with Gasteiger partial charge in [-0.15, -0.1) is 0 Å². The highest BCUT2D eigenvalue weighted by Crippen LogP contribution is 2.42. The molecule has 4 rings (SSSR count). The highest BCUT2D eigenvalue weighted by atomic mass is 19.2. The van der Waals surface area contributed by atoms with Crippen molar-refractivity contribution < 1.29 is 18.3 Å². The van der Waals surface area contributed by atoms with E-state index in [-0.39, 0.29) is 17.3 Å². The van der Waals surface area contributed by atoms with E-state index in [1.165, 1.54) is 50.7 Å². The summed E-state index contributed by atoms with van der Waals surface area (Å²) in [6, 6.07) is 7.23. The summed E-state index contributed by atoms with van der Waals surface area (Å²) in [6.07, 6.45) is 16.4. The van der Waals surface area contributed by atoms with Gasteiger partial charge in [0.25, 0.3) is 0 Å². The van der Waals surface area contributed by atoms with Gasteiger partial charge in [-0.25, -0.2) is 8.78 Å². The first-order valence-electron chi connectivity index (χ1n) is 12.3. The van der Waals surface area contributed by atoms with E-state index in [0.29, 0.717) is 11.1 Å². The molecule has 0 amide bonds. The average Bonchev–Trinajstić information content (AvgIpc) is 2.82. The number of halogens is 2. The van der Waals surface area contributed by atoms with E-state index >= 15 is 0 Å². The van der Waals surface area contributed by atoms with E-state index in [1.807, 2.05) is 0 Å². The number of ether oxygens (including phenoxy) is 1. The Hall–Kier alpha value is -2.23. The van der Waals surface area contributed by atoms with Crippen molar-refractivity contribution in [3.05, 3.63) is 54.1 Å². The largest absolute Gasteiger partial charge is 0.426 e. The zero-order valence-corrected chi connectivity index (χ0v) is 19.0. The quantitative estimate of drug-likeness (QED) is 0.258. The average molecular weight is 441 g/mol. The number of carbonyl (C=O) groups is 1. The van der Waals surface area contributed by atoms with Crippen LogP contribution in [0.25, 0.3) is 10.8 Å². The van der Waals surface area contributed by atoms with E-state index in [0.717, 1.165) is 49.5 Å². The van der Waals surface area contributed by atoms with Crippen molar-refractivity contribution in [2.24, 2.45) is 23.7 Å². The molecule has 2 aromatic carbocycles. The molecule has 2 aliphatic rings. The van der Waals surface area contributed by atoms with Crippen LogP contribution < -0.4 is 4.74 Å². The molecule has 4 heteroatoms. The zero-order chi connectivity index (χ0) is 22.5. The molecule has 0 saturated heterocycles. The lowest BCUT2D eigenvalue weighted by molar-refractivity contribution is -0.140. The van der Waals surface area contributed by atoms with E-state index in [9.17, 15) is 13.6 Å². The number of hydrogen-bond acceptors (Lipinski definition) is 2. The van der Waals surface area contributed by atoms with Gasteiger partial charge in [-0.1, -0.05) is 31.1 Å². The molecular weight excluding hydrogens is 406 g/mol. The maximum Gasteiger partial charge on any atom is 0.314 e. The van der Waals surface area contributed by atoms with E-state index in [2.05, 4.69) is 19.1 Å². The molecule has 2 nitrogen and oxygen atoms in total. The molecule has 0 aliphatic heterocycles. The molecule has 2 saturated carbocycles. The van der Waals surface area contributed by atoms with E-state index in [1.54, 1.807) is 12.1 Å². The second kappa shape index (κ2) is 10.6. The fraction of sp³-hybridized carbons (Fsp3) is 0.536. The van der Waals surface area contributed by atoms with Crippen molar-refractivity contribution >= 4 is 16.7 Å². The molecule has 0 N–H and O–H groups in total. The number of esters is 1. The third kappa shape index (κ3) is 5.39. The van der Waals surface area contributed by atoms with Gasteiger partial charge in [-0.3, -0.25) is 4.79 Å². The Bertz CT molecular complexity index is 951.